The predicted molar refractivity (Wildman–Crippen MR) is 131 cm³/mol. The number of carbonyl (C=O) groups excluding carboxylic acids is 2. The van der Waals surface area contributed by atoms with Gasteiger partial charge in [0.2, 0.25) is 11.8 Å². The molecule has 1 fully saturated rings. The summed E-state index contributed by atoms with van der Waals surface area (Å²) in [6, 6.07) is 32.0. The van der Waals surface area contributed by atoms with Crippen molar-refractivity contribution in [3.05, 3.63) is 114 Å². The molecule has 4 aromatic carbocycles. The van der Waals surface area contributed by atoms with Gasteiger partial charge in [-0.05, 0) is 28.6 Å². The van der Waals surface area contributed by atoms with Gasteiger partial charge in [0, 0.05) is 35.5 Å². The van der Waals surface area contributed by atoms with Gasteiger partial charge in [0.25, 0.3) is 0 Å². The minimum atomic E-state index is -0.488. The number of imide groups is 1. The highest BCUT2D eigenvalue weighted by Crippen LogP contribution is 2.39. The van der Waals surface area contributed by atoms with Gasteiger partial charge in [0.05, 0.1) is 11.6 Å². The van der Waals surface area contributed by atoms with E-state index in [1.165, 1.54) is 10.5 Å². The number of nitrogens with zero attached hydrogens (tertiary/aromatic N) is 2. The summed E-state index contributed by atoms with van der Waals surface area (Å²) in [6.07, 6.45) is 2.24. The molecule has 33 heavy (non-hydrogen) atoms. The van der Waals surface area contributed by atoms with Gasteiger partial charge in [0.1, 0.15) is 0 Å². The van der Waals surface area contributed by atoms with Crippen LogP contribution in [0.25, 0.3) is 21.7 Å². The van der Waals surface area contributed by atoms with Crippen molar-refractivity contribution in [2.24, 2.45) is 0 Å². The molecule has 2 amide bonds. The lowest BCUT2D eigenvalue weighted by Crippen LogP contribution is -2.30. The Bertz CT molecular complexity index is 1510. The number of carbonyl (C=O) groups is 2. The minimum absolute atomic E-state index is 0.152. The zero-order chi connectivity index (χ0) is 22.4. The SMILES string of the molecule is O=C1CC(c2cn(Cc3ccccc3)c3ccccc23)C(=O)N1c1cccc2ccccc12. The maximum absolute atomic E-state index is 13.7. The summed E-state index contributed by atoms with van der Waals surface area (Å²) in [7, 11) is 0. The van der Waals surface area contributed by atoms with Crippen LogP contribution in [0.5, 0.6) is 0 Å². The number of hydrogen-bond donors (Lipinski definition) is 0. The quantitative estimate of drug-likeness (QED) is 0.334. The summed E-state index contributed by atoms with van der Waals surface area (Å²) in [5.74, 6) is -0.793. The molecule has 1 unspecified atom stereocenters. The molecule has 6 rings (SSSR count). The minimum Gasteiger partial charge on any atom is -0.343 e. The standard InChI is InChI=1S/C29H22N2O2/c32-28-17-24(29(33)31(28)27-16-8-12-21-11-4-5-13-22(21)27)25-19-30(18-20-9-2-1-3-10-20)26-15-7-6-14-23(25)26/h1-16,19,24H,17-18H2. The van der Waals surface area contributed by atoms with Crippen LogP contribution in [0.4, 0.5) is 5.69 Å². The summed E-state index contributed by atoms with van der Waals surface area (Å²) in [5.41, 5.74) is 3.84. The zero-order valence-corrected chi connectivity index (χ0v) is 18.0. The van der Waals surface area contributed by atoms with E-state index in [9.17, 15) is 9.59 Å². The number of hydrogen-bond acceptors (Lipinski definition) is 2. The van der Waals surface area contributed by atoms with Crippen molar-refractivity contribution in [1.29, 1.82) is 0 Å². The molecule has 4 heteroatoms. The van der Waals surface area contributed by atoms with Gasteiger partial charge in [-0.3, -0.25) is 9.59 Å². The Labute approximate surface area is 191 Å². The molecule has 1 aliphatic rings. The van der Waals surface area contributed by atoms with Crippen LogP contribution in [0.2, 0.25) is 0 Å². The molecule has 0 aliphatic carbocycles. The summed E-state index contributed by atoms with van der Waals surface area (Å²) < 4.78 is 2.18. The molecule has 5 aromatic rings. The third-order valence-corrected chi connectivity index (χ3v) is 6.54. The van der Waals surface area contributed by atoms with Crippen LogP contribution >= 0.6 is 0 Å². The molecule has 1 aliphatic heterocycles. The van der Waals surface area contributed by atoms with E-state index in [1.807, 2.05) is 78.9 Å². The van der Waals surface area contributed by atoms with E-state index >= 15 is 0 Å². The maximum atomic E-state index is 13.7. The molecule has 1 saturated heterocycles. The van der Waals surface area contributed by atoms with Crippen LogP contribution < -0.4 is 4.90 Å². The highest BCUT2D eigenvalue weighted by atomic mass is 16.2. The van der Waals surface area contributed by atoms with E-state index in [0.29, 0.717) is 12.2 Å². The van der Waals surface area contributed by atoms with Gasteiger partial charge in [-0.15, -0.1) is 0 Å². The maximum Gasteiger partial charge on any atom is 0.241 e. The van der Waals surface area contributed by atoms with E-state index in [2.05, 4.69) is 29.0 Å². The lowest BCUT2D eigenvalue weighted by Gasteiger charge is -2.17. The first kappa shape index (κ1) is 19.5. The molecule has 2 heterocycles. The first-order valence-corrected chi connectivity index (χ1v) is 11.2. The normalized spacial score (nSPS) is 16.2. The molecule has 160 valence electrons. The number of benzene rings is 4. The lowest BCUT2D eigenvalue weighted by molar-refractivity contribution is -0.121. The van der Waals surface area contributed by atoms with Crippen molar-refractivity contribution in [2.45, 2.75) is 18.9 Å². The lowest BCUT2D eigenvalue weighted by atomic mass is 9.97. The first-order valence-electron chi connectivity index (χ1n) is 11.2. The second-order valence-corrected chi connectivity index (χ2v) is 8.54. The summed E-state index contributed by atoms with van der Waals surface area (Å²) in [6.45, 7) is 0.712. The summed E-state index contributed by atoms with van der Waals surface area (Å²) in [5, 5.41) is 2.95. The van der Waals surface area contributed by atoms with Crippen molar-refractivity contribution in [3.8, 4) is 0 Å². The Balaban J connectivity index is 1.43. The summed E-state index contributed by atoms with van der Waals surface area (Å²) >= 11 is 0. The predicted octanol–water partition coefficient (Wildman–Crippen LogP) is 5.89. The van der Waals surface area contributed by atoms with Crippen LogP contribution in [0.3, 0.4) is 0 Å². The van der Waals surface area contributed by atoms with Crippen LogP contribution in [0.1, 0.15) is 23.5 Å². The van der Waals surface area contributed by atoms with Gasteiger partial charge in [-0.1, -0.05) is 84.9 Å². The topological polar surface area (TPSA) is 42.3 Å². The Morgan fingerprint density at radius 1 is 0.727 bits per heavy atom. The highest BCUT2D eigenvalue weighted by Gasteiger charge is 2.42. The van der Waals surface area contributed by atoms with Crippen LogP contribution in [-0.4, -0.2) is 16.4 Å². The fourth-order valence-corrected chi connectivity index (χ4v) is 5.00. The van der Waals surface area contributed by atoms with Gasteiger partial charge in [-0.2, -0.15) is 0 Å². The number of rotatable bonds is 4. The van der Waals surface area contributed by atoms with Crippen LogP contribution in [0.15, 0.2) is 103 Å². The monoisotopic (exact) mass is 430 g/mol. The van der Waals surface area contributed by atoms with E-state index in [1.54, 1.807) is 0 Å². The molecule has 1 atom stereocenters. The molecule has 4 nitrogen and oxygen atoms in total. The molecule has 0 radical (unpaired) electrons. The Kier molecular flexibility index (Phi) is 4.58. The van der Waals surface area contributed by atoms with E-state index in [4.69, 9.17) is 0 Å². The number of aromatic nitrogens is 1. The van der Waals surface area contributed by atoms with Crippen molar-refractivity contribution in [2.75, 3.05) is 4.90 Å². The molecule has 0 saturated carbocycles. The molecule has 0 spiro atoms. The molecule has 0 N–H and O–H groups in total. The number of para-hydroxylation sites is 1. The Hall–Kier alpha value is -4.18. The molecular formula is C29H22N2O2. The van der Waals surface area contributed by atoms with E-state index in [0.717, 1.165) is 27.2 Å². The van der Waals surface area contributed by atoms with Crippen molar-refractivity contribution in [3.63, 3.8) is 0 Å². The smallest absolute Gasteiger partial charge is 0.241 e. The number of anilines is 1. The van der Waals surface area contributed by atoms with Crippen molar-refractivity contribution >= 4 is 39.2 Å². The Morgan fingerprint density at radius 3 is 2.27 bits per heavy atom. The largest absolute Gasteiger partial charge is 0.343 e. The second-order valence-electron chi connectivity index (χ2n) is 8.54. The number of fused-ring (bicyclic) bond motifs is 2. The average Bonchev–Trinajstić information content (AvgIpc) is 3.36. The van der Waals surface area contributed by atoms with Gasteiger partial charge < -0.3 is 4.57 Å². The van der Waals surface area contributed by atoms with Crippen molar-refractivity contribution in [1.82, 2.24) is 4.57 Å². The second kappa shape index (κ2) is 7.75. The van der Waals surface area contributed by atoms with Gasteiger partial charge in [0.15, 0.2) is 0 Å². The Morgan fingerprint density at radius 2 is 1.42 bits per heavy atom. The fourth-order valence-electron chi connectivity index (χ4n) is 5.00. The highest BCUT2D eigenvalue weighted by molar-refractivity contribution is 6.26. The van der Waals surface area contributed by atoms with Gasteiger partial charge >= 0.3 is 0 Å². The van der Waals surface area contributed by atoms with Crippen LogP contribution in [-0.2, 0) is 16.1 Å². The molecular weight excluding hydrogens is 408 g/mol. The number of amides is 2. The average molecular weight is 431 g/mol. The molecule has 1 aromatic heterocycles. The third kappa shape index (κ3) is 3.23. The van der Waals surface area contributed by atoms with E-state index in [-0.39, 0.29) is 18.2 Å². The van der Waals surface area contributed by atoms with E-state index < -0.39 is 5.92 Å². The van der Waals surface area contributed by atoms with Crippen molar-refractivity contribution < 1.29 is 9.59 Å². The first-order chi connectivity index (χ1) is 16.2. The zero-order valence-electron chi connectivity index (χ0n) is 18.0. The fraction of sp³-hybridized carbons (Fsp3) is 0.103. The van der Waals surface area contributed by atoms with Gasteiger partial charge in [-0.25, -0.2) is 4.90 Å². The third-order valence-electron chi connectivity index (χ3n) is 6.54. The summed E-state index contributed by atoms with van der Waals surface area (Å²) in [4.78, 5) is 28.2. The molecule has 0 bridgehead atoms. The van der Waals surface area contributed by atoms with Crippen LogP contribution in [0, 0.1) is 0 Å².